The van der Waals surface area contributed by atoms with Crippen molar-refractivity contribution in [2.45, 2.75) is 25.3 Å². The molecule has 3 fully saturated rings. The van der Waals surface area contributed by atoms with E-state index in [1.807, 2.05) is 11.0 Å². The van der Waals surface area contributed by atoms with E-state index in [9.17, 15) is 4.79 Å². The van der Waals surface area contributed by atoms with Gasteiger partial charge in [-0.15, -0.1) is 0 Å². The molecule has 2 heterocycles. The third-order valence-corrected chi connectivity index (χ3v) is 6.10. The van der Waals surface area contributed by atoms with Crippen LogP contribution in [0.4, 0.5) is 0 Å². The van der Waals surface area contributed by atoms with Gasteiger partial charge in [0.05, 0.1) is 26.4 Å². The van der Waals surface area contributed by atoms with Crippen LogP contribution >= 0.6 is 0 Å². The van der Waals surface area contributed by atoms with E-state index in [0.29, 0.717) is 41.6 Å². The maximum atomic E-state index is 13.2. The van der Waals surface area contributed by atoms with Crippen LogP contribution in [-0.2, 0) is 4.74 Å². The molecule has 0 N–H and O–H groups in total. The lowest BCUT2D eigenvalue weighted by Crippen LogP contribution is -2.39. The summed E-state index contributed by atoms with van der Waals surface area (Å²) < 4.78 is 16.7. The number of hydrogen-bond donors (Lipinski definition) is 0. The number of carbonyl (C=O) groups is 1. The topological polar surface area (TPSA) is 48.0 Å². The summed E-state index contributed by atoms with van der Waals surface area (Å²) in [6, 6.07) is 5.61. The molecule has 1 spiro atoms. The van der Waals surface area contributed by atoms with Crippen LogP contribution in [0.1, 0.15) is 29.6 Å². The predicted molar refractivity (Wildman–Crippen MR) is 94.1 cm³/mol. The Morgan fingerprint density at radius 3 is 2.92 bits per heavy atom. The molecule has 0 unspecified atom stereocenters. The molecule has 0 aromatic heterocycles. The highest BCUT2D eigenvalue weighted by Gasteiger charge is 2.58. The van der Waals surface area contributed by atoms with Crippen LogP contribution < -0.4 is 9.47 Å². The summed E-state index contributed by atoms with van der Waals surface area (Å²) in [4.78, 5) is 15.2. The number of nitrogens with zero attached hydrogens (tertiary/aromatic N) is 1. The fourth-order valence-electron chi connectivity index (χ4n) is 4.63. The Morgan fingerprint density at radius 1 is 1.40 bits per heavy atom. The first-order valence-corrected chi connectivity index (χ1v) is 8.99. The Balaban J connectivity index is 1.57. The van der Waals surface area contributed by atoms with Gasteiger partial charge in [0, 0.05) is 18.0 Å². The molecule has 134 valence electrons. The number of benzene rings is 1. The summed E-state index contributed by atoms with van der Waals surface area (Å²) in [5.74, 6) is 1.77. The van der Waals surface area contributed by atoms with Crippen molar-refractivity contribution in [3.05, 3.63) is 36.4 Å². The average molecular weight is 343 g/mol. The van der Waals surface area contributed by atoms with Crippen molar-refractivity contribution in [2.24, 2.45) is 11.3 Å². The van der Waals surface area contributed by atoms with Gasteiger partial charge in [-0.1, -0.05) is 19.1 Å². The lowest BCUT2D eigenvalue weighted by atomic mass is 9.62. The van der Waals surface area contributed by atoms with E-state index in [-0.39, 0.29) is 11.9 Å². The van der Waals surface area contributed by atoms with Crippen LogP contribution in [0.3, 0.4) is 0 Å². The monoisotopic (exact) mass is 343 g/mol. The van der Waals surface area contributed by atoms with E-state index in [1.54, 1.807) is 25.3 Å². The first-order chi connectivity index (χ1) is 12.2. The molecule has 1 amide bonds. The van der Waals surface area contributed by atoms with Crippen LogP contribution in [0.5, 0.6) is 11.5 Å². The van der Waals surface area contributed by atoms with E-state index in [2.05, 4.69) is 6.58 Å². The molecule has 0 radical (unpaired) electrons. The maximum Gasteiger partial charge on any atom is 0.254 e. The van der Waals surface area contributed by atoms with E-state index in [0.717, 1.165) is 13.2 Å². The summed E-state index contributed by atoms with van der Waals surface area (Å²) >= 11 is 0. The van der Waals surface area contributed by atoms with Gasteiger partial charge in [-0.2, -0.15) is 0 Å². The number of hydrogen-bond acceptors (Lipinski definition) is 4. The van der Waals surface area contributed by atoms with Crippen LogP contribution in [0, 0.1) is 11.3 Å². The standard InChI is InChI=1S/C20H25NO4/c1-3-9-25-17-6-5-14(10-18(17)23-2)19(22)21-13-20(7-4-8-20)15-11-24-12-16(15)21/h3,5-6,10,15-16H,1,4,7-9,11-13H2,2H3/t15-,16-/m1/s1. The Labute approximate surface area is 148 Å². The Kier molecular flexibility index (Phi) is 4.20. The van der Waals surface area contributed by atoms with Crippen LogP contribution in [0.25, 0.3) is 0 Å². The number of methoxy groups -OCH3 is 1. The van der Waals surface area contributed by atoms with Gasteiger partial charge >= 0.3 is 0 Å². The Hall–Kier alpha value is -2.01. The molecule has 2 saturated heterocycles. The lowest BCUT2D eigenvalue weighted by molar-refractivity contribution is 0.0451. The molecule has 1 aliphatic carbocycles. The number of amides is 1. The fourth-order valence-corrected chi connectivity index (χ4v) is 4.63. The highest BCUT2D eigenvalue weighted by Crippen LogP contribution is 2.56. The van der Waals surface area contributed by atoms with E-state index in [4.69, 9.17) is 14.2 Å². The molecule has 5 heteroatoms. The first kappa shape index (κ1) is 16.5. The molecular weight excluding hydrogens is 318 g/mol. The Morgan fingerprint density at radius 2 is 2.24 bits per heavy atom. The maximum absolute atomic E-state index is 13.2. The molecule has 3 aliphatic rings. The van der Waals surface area contributed by atoms with Gasteiger partial charge in [0.25, 0.3) is 5.91 Å². The molecule has 1 aromatic rings. The van der Waals surface area contributed by atoms with Gasteiger partial charge in [0.15, 0.2) is 11.5 Å². The second kappa shape index (κ2) is 6.37. The zero-order chi connectivity index (χ0) is 17.4. The van der Waals surface area contributed by atoms with E-state index < -0.39 is 0 Å². The number of likely N-dealkylation sites (tertiary alicyclic amines) is 1. The summed E-state index contributed by atoms with van der Waals surface area (Å²) in [5.41, 5.74) is 0.943. The van der Waals surface area contributed by atoms with Gasteiger partial charge in [0.2, 0.25) is 0 Å². The third kappa shape index (κ3) is 2.61. The average Bonchev–Trinajstić information content (AvgIpc) is 3.19. The normalized spacial score (nSPS) is 26.2. The second-order valence-corrected chi connectivity index (χ2v) is 7.33. The summed E-state index contributed by atoms with van der Waals surface area (Å²) in [5, 5.41) is 0. The largest absolute Gasteiger partial charge is 0.493 e. The minimum Gasteiger partial charge on any atom is -0.493 e. The molecule has 5 nitrogen and oxygen atoms in total. The Bertz CT molecular complexity index is 682. The van der Waals surface area contributed by atoms with Crippen LogP contribution in [-0.4, -0.2) is 50.3 Å². The smallest absolute Gasteiger partial charge is 0.254 e. The molecule has 1 saturated carbocycles. The van der Waals surface area contributed by atoms with Crippen molar-refractivity contribution in [1.29, 1.82) is 0 Å². The van der Waals surface area contributed by atoms with E-state index in [1.165, 1.54) is 19.3 Å². The van der Waals surface area contributed by atoms with Gasteiger partial charge in [-0.05, 0) is 36.5 Å². The van der Waals surface area contributed by atoms with Gasteiger partial charge in [-0.3, -0.25) is 4.79 Å². The minimum absolute atomic E-state index is 0.0674. The van der Waals surface area contributed by atoms with Gasteiger partial charge < -0.3 is 19.1 Å². The quantitative estimate of drug-likeness (QED) is 0.772. The third-order valence-electron chi connectivity index (χ3n) is 6.10. The summed E-state index contributed by atoms with van der Waals surface area (Å²) in [6.07, 6.45) is 5.40. The molecule has 0 bridgehead atoms. The lowest BCUT2D eigenvalue weighted by Gasteiger charge is -2.41. The summed E-state index contributed by atoms with van der Waals surface area (Å²) in [7, 11) is 1.59. The molecule has 2 aliphatic heterocycles. The number of ether oxygens (including phenoxy) is 3. The first-order valence-electron chi connectivity index (χ1n) is 8.99. The molecule has 1 aromatic carbocycles. The predicted octanol–water partition coefficient (Wildman–Crippen LogP) is 2.90. The van der Waals surface area contributed by atoms with Gasteiger partial charge in [-0.25, -0.2) is 0 Å². The fraction of sp³-hybridized carbons (Fsp3) is 0.550. The van der Waals surface area contributed by atoms with Crippen molar-refractivity contribution >= 4 is 5.91 Å². The summed E-state index contributed by atoms with van der Waals surface area (Å²) in [6.45, 7) is 6.37. The SMILES string of the molecule is C=CCOc1ccc(C(=O)N2CC3(CCC3)[C@@H]3COC[C@H]32)cc1OC. The highest BCUT2D eigenvalue weighted by atomic mass is 16.5. The molecule has 25 heavy (non-hydrogen) atoms. The van der Waals surface area contributed by atoms with E-state index >= 15 is 0 Å². The minimum atomic E-state index is 0.0674. The van der Waals surface area contributed by atoms with Crippen LogP contribution in [0.2, 0.25) is 0 Å². The zero-order valence-corrected chi connectivity index (χ0v) is 14.7. The zero-order valence-electron chi connectivity index (χ0n) is 14.7. The number of fused-ring (bicyclic) bond motifs is 2. The van der Waals surface area contributed by atoms with Crippen molar-refractivity contribution in [3.63, 3.8) is 0 Å². The van der Waals surface area contributed by atoms with Crippen molar-refractivity contribution in [3.8, 4) is 11.5 Å². The highest BCUT2D eigenvalue weighted by molar-refractivity contribution is 5.95. The van der Waals surface area contributed by atoms with Crippen molar-refractivity contribution in [1.82, 2.24) is 4.90 Å². The molecule has 2 atom stereocenters. The van der Waals surface area contributed by atoms with Crippen LogP contribution in [0.15, 0.2) is 30.9 Å². The van der Waals surface area contributed by atoms with Gasteiger partial charge in [0.1, 0.15) is 6.61 Å². The number of rotatable bonds is 5. The molecular formula is C20H25NO4. The molecule has 4 rings (SSSR count). The van der Waals surface area contributed by atoms with Crippen molar-refractivity contribution < 1.29 is 19.0 Å². The number of carbonyl (C=O) groups excluding carboxylic acids is 1. The second-order valence-electron chi connectivity index (χ2n) is 7.33. The van der Waals surface area contributed by atoms with Crippen molar-refractivity contribution in [2.75, 3.05) is 33.5 Å².